The molecular formula is C14H21BrN2O. The van der Waals surface area contributed by atoms with Crippen LogP contribution in [0.15, 0.2) is 36.7 Å². The summed E-state index contributed by atoms with van der Waals surface area (Å²) in [6.07, 6.45) is 6.59. The van der Waals surface area contributed by atoms with E-state index in [0.717, 1.165) is 25.4 Å². The Balaban J connectivity index is 0.00000162. The zero-order valence-electron chi connectivity index (χ0n) is 11.0. The Kier molecular flexibility index (Phi) is 6.05. The number of halogens is 1. The van der Waals surface area contributed by atoms with Gasteiger partial charge in [-0.1, -0.05) is 12.1 Å². The number of ether oxygens (including phenoxy) is 1. The molecule has 0 atom stereocenters. The molecule has 0 amide bonds. The minimum absolute atomic E-state index is 0. The smallest absolute Gasteiger partial charge is 0.118 e. The lowest BCUT2D eigenvalue weighted by Crippen LogP contribution is -2.23. The van der Waals surface area contributed by atoms with Gasteiger partial charge in [0.2, 0.25) is 0 Å². The Labute approximate surface area is 120 Å². The van der Waals surface area contributed by atoms with Crippen LogP contribution < -0.4 is 4.74 Å². The molecule has 0 saturated heterocycles. The number of methoxy groups -OCH3 is 1. The monoisotopic (exact) mass is 312 g/mol. The third-order valence-corrected chi connectivity index (χ3v) is 3.01. The molecule has 1 aromatic rings. The van der Waals surface area contributed by atoms with Gasteiger partial charge in [0, 0.05) is 26.0 Å². The Morgan fingerprint density at radius 3 is 2.44 bits per heavy atom. The first kappa shape index (κ1) is 14.9. The number of rotatable bonds is 5. The van der Waals surface area contributed by atoms with E-state index in [-0.39, 0.29) is 17.0 Å². The van der Waals surface area contributed by atoms with Crippen LogP contribution in [0.2, 0.25) is 0 Å². The van der Waals surface area contributed by atoms with Crippen molar-refractivity contribution in [2.24, 2.45) is 0 Å². The molecule has 2 rings (SSSR count). The fourth-order valence-corrected chi connectivity index (χ4v) is 2.01. The number of aryl methyl sites for hydroxylation is 1. The van der Waals surface area contributed by atoms with Crippen molar-refractivity contribution >= 4 is 17.0 Å². The van der Waals surface area contributed by atoms with Crippen LogP contribution >= 0.6 is 17.0 Å². The van der Waals surface area contributed by atoms with Crippen molar-refractivity contribution in [1.82, 2.24) is 9.80 Å². The first-order valence-corrected chi connectivity index (χ1v) is 6.03. The van der Waals surface area contributed by atoms with Crippen LogP contribution in [0.3, 0.4) is 0 Å². The van der Waals surface area contributed by atoms with Crippen LogP contribution in [0.5, 0.6) is 5.75 Å². The molecule has 0 aliphatic carbocycles. The van der Waals surface area contributed by atoms with E-state index in [1.165, 1.54) is 12.0 Å². The molecule has 1 aromatic carbocycles. The largest absolute Gasteiger partial charge is 0.497 e. The minimum atomic E-state index is 0. The molecule has 100 valence electrons. The van der Waals surface area contributed by atoms with E-state index in [9.17, 15) is 0 Å². The van der Waals surface area contributed by atoms with Gasteiger partial charge in [-0.15, -0.1) is 17.0 Å². The van der Waals surface area contributed by atoms with E-state index >= 15 is 0 Å². The molecule has 18 heavy (non-hydrogen) atoms. The number of hydrogen-bond acceptors (Lipinski definition) is 3. The van der Waals surface area contributed by atoms with Crippen LogP contribution in [0, 0.1) is 0 Å². The van der Waals surface area contributed by atoms with Gasteiger partial charge in [-0.3, -0.25) is 0 Å². The molecular weight excluding hydrogens is 292 g/mol. The fraction of sp³-hybridized carbons (Fsp3) is 0.429. The van der Waals surface area contributed by atoms with Crippen LogP contribution in [0.4, 0.5) is 0 Å². The van der Waals surface area contributed by atoms with Crippen LogP contribution in [-0.4, -0.2) is 37.2 Å². The van der Waals surface area contributed by atoms with E-state index < -0.39 is 0 Å². The van der Waals surface area contributed by atoms with Gasteiger partial charge in [-0.25, -0.2) is 0 Å². The van der Waals surface area contributed by atoms with Crippen LogP contribution in [-0.2, 0) is 6.42 Å². The summed E-state index contributed by atoms with van der Waals surface area (Å²) in [5.74, 6) is 0.929. The Morgan fingerprint density at radius 2 is 1.89 bits per heavy atom. The molecule has 0 unspecified atom stereocenters. The lowest BCUT2D eigenvalue weighted by Gasteiger charge is -2.17. The quantitative estimate of drug-likeness (QED) is 0.831. The van der Waals surface area contributed by atoms with Crippen molar-refractivity contribution in [2.75, 3.05) is 27.4 Å². The first-order chi connectivity index (χ1) is 8.28. The minimum Gasteiger partial charge on any atom is -0.497 e. The summed E-state index contributed by atoms with van der Waals surface area (Å²) >= 11 is 0. The molecule has 1 aliphatic rings. The topological polar surface area (TPSA) is 15.7 Å². The zero-order valence-corrected chi connectivity index (χ0v) is 12.7. The van der Waals surface area contributed by atoms with E-state index in [2.05, 4.69) is 41.4 Å². The van der Waals surface area contributed by atoms with E-state index in [1.54, 1.807) is 7.11 Å². The predicted octanol–water partition coefficient (Wildman–Crippen LogP) is 2.88. The summed E-state index contributed by atoms with van der Waals surface area (Å²) in [6.45, 7) is 2.13. The van der Waals surface area contributed by atoms with Gasteiger partial charge < -0.3 is 14.5 Å². The molecule has 1 heterocycles. The van der Waals surface area contributed by atoms with Gasteiger partial charge in [-0.05, 0) is 30.5 Å². The summed E-state index contributed by atoms with van der Waals surface area (Å²) in [5, 5.41) is 0. The molecule has 3 nitrogen and oxygen atoms in total. The second kappa shape index (κ2) is 7.31. The van der Waals surface area contributed by atoms with E-state index in [0.29, 0.717) is 0 Å². The van der Waals surface area contributed by atoms with Crippen LogP contribution in [0.1, 0.15) is 12.0 Å². The maximum atomic E-state index is 5.14. The zero-order chi connectivity index (χ0) is 12.1. The molecule has 0 spiro atoms. The van der Waals surface area contributed by atoms with Crippen molar-refractivity contribution in [1.29, 1.82) is 0 Å². The molecule has 0 bridgehead atoms. The SMILES string of the molecule is Br.COc1ccc(CCCN2C=CN(C)C2)cc1. The van der Waals surface area contributed by atoms with Gasteiger partial charge in [0.05, 0.1) is 13.8 Å². The number of nitrogens with zero attached hydrogens (tertiary/aromatic N) is 2. The lowest BCUT2D eigenvalue weighted by molar-refractivity contribution is 0.294. The molecule has 0 N–H and O–H groups in total. The van der Waals surface area contributed by atoms with Crippen LogP contribution in [0.25, 0.3) is 0 Å². The number of hydrogen-bond donors (Lipinski definition) is 0. The first-order valence-electron chi connectivity index (χ1n) is 6.03. The molecule has 4 heteroatoms. The highest BCUT2D eigenvalue weighted by Crippen LogP contribution is 2.13. The molecule has 1 aliphatic heterocycles. The summed E-state index contributed by atoms with van der Waals surface area (Å²) in [7, 11) is 3.80. The van der Waals surface area contributed by atoms with Gasteiger partial charge in [0.1, 0.15) is 5.75 Å². The maximum absolute atomic E-state index is 5.14. The van der Waals surface area contributed by atoms with Gasteiger partial charge in [-0.2, -0.15) is 0 Å². The Morgan fingerprint density at radius 1 is 1.17 bits per heavy atom. The average Bonchev–Trinajstić information content (AvgIpc) is 2.76. The number of benzene rings is 1. The summed E-state index contributed by atoms with van der Waals surface area (Å²) in [5.41, 5.74) is 1.38. The highest BCUT2D eigenvalue weighted by molar-refractivity contribution is 8.93. The standard InChI is InChI=1S/C14H20N2O.BrH/c1-15-10-11-16(12-15)9-3-4-13-5-7-14(17-2)8-6-13;/h5-8,10-11H,3-4,9,12H2,1-2H3;1H. The average molecular weight is 313 g/mol. The third-order valence-electron chi connectivity index (χ3n) is 3.01. The Bertz CT molecular complexity index is 378. The van der Waals surface area contributed by atoms with Gasteiger partial charge in [0.15, 0.2) is 0 Å². The third kappa shape index (κ3) is 4.26. The van der Waals surface area contributed by atoms with Gasteiger partial charge in [0.25, 0.3) is 0 Å². The van der Waals surface area contributed by atoms with Gasteiger partial charge >= 0.3 is 0 Å². The molecule has 0 aromatic heterocycles. The predicted molar refractivity (Wildman–Crippen MR) is 80.1 cm³/mol. The highest BCUT2D eigenvalue weighted by atomic mass is 79.9. The van der Waals surface area contributed by atoms with E-state index in [4.69, 9.17) is 4.74 Å². The summed E-state index contributed by atoms with van der Waals surface area (Å²) in [6, 6.07) is 8.34. The maximum Gasteiger partial charge on any atom is 0.118 e. The summed E-state index contributed by atoms with van der Waals surface area (Å²) < 4.78 is 5.14. The lowest BCUT2D eigenvalue weighted by atomic mass is 10.1. The van der Waals surface area contributed by atoms with E-state index in [1.807, 2.05) is 12.1 Å². The molecule has 0 saturated carbocycles. The highest BCUT2D eigenvalue weighted by Gasteiger charge is 2.07. The van der Waals surface area contributed by atoms with Crippen molar-refractivity contribution in [2.45, 2.75) is 12.8 Å². The second-order valence-corrected chi connectivity index (χ2v) is 4.46. The van der Waals surface area contributed by atoms with Crippen molar-refractivity contribution in [3.05, 3.63) is 42.2 Å². The normalized spacial score (nSPS) is 13.7. The molecule has 0 radical (unpaired) electrons. The Hall–Kier alpha value is -1.16. The second-order valence-electron chi connectivity index (χ2n) is 4.46. The van der Waals surface area contributed by atoms with Crippen molar-refractivity contribution in [3.63, 3.8) is 0 Å². The van der Waals surface area contributed by atoms with Crippen molar-refractivity contribution in [3.8, 4) is 5.75 Å². The molecule has 0 fully saturated rings. The van der Waals surface area contributed by atoms with Crippen molar-refractivity contribution < 1.29 is 4.74 Å². The fourth-order valence-electron chi connectivity index (χ4n) is 2.01. The summed E-state index contributed by atoms with van der Waals surface area (Å²) in [4.78, 5) is 4.52.